The number of pyridine rings is 1. The van der Waals surface area contributed by atoms with Crippen LogP contribution in [0.5, 0.6) is 0 Å². The molecule has 0 radical (unpaired) electrons. The Bertz CT molecular complexity index is 1240. The van der Waals surface area contributed by atoms with Crippen LogP contribution in [0.25, 0.3) is 5.57 Å². The Morgan fingerprint density at radius 3 is 2.58 bits per heavy atom. The average molecular weight is 450 g/mol. The van der Waals surface area contributed by atoms with Crippen LogP contribution < -0.4 is 4.90 Å². The highest BCUT2D eigenvalue weighted by atomic mass is 35.5. The highest BCUT2D eigenvalue weighted by Gasteiger charge is 2.43. The molecule has 31 heavy (non-hydrogen) atoms. The van der Waals surface area contributed by atoms with E-state index < -0.39 is 0 Å². The fourth-order valence-electron chi connectivity index (χ4n) is 4.14. The van der Waals surface area contributed by atoms with Crippen LogP contribution in [0.4, 0.5) is 5.69 Å². The van der Waals surface area contributed by atoms with Gasteiger partial charge in [-0.15, -0.1) is 0 Å². The molecule has 5 nitrogen and oxygen atoms in total. The standard InChI is InChI=1S/C24H17Cl2N3O2/c25-17-7-8-18(19(26)12-17)21-22(28-11-9-16-5-1-2-6-20(16)28)24(31)29(23(21)30)14-15-4-3-10-27-13-15/h1-8,10,12-13H,9,11,14H2. The van der Waals surface area contributed by atoms with Gasteiger partial charge in [0.2, 0.25) is 0 Å². The van der Waals surface area contributed by atoms with Gasteiger partial charge >= 0.3 is 0 Å². The monoisotopic (exact) mass is 449 g/mol. The Morgan fingerprint density at radius 2 is 1.81 bits per heavy atom. The second kappa shape index (κ2) is 7.84. The number of benzene rings is 2. The van der Waals surface area contributed by atoms with Crippen molar-refractivity contribution in [3.63, 3.8) is 0 Å². The summed E-state index contributed by atoms with van der Waals surface area (Å²) in [5.74, 6) is -0.718. The molecular formula is C24H17Cl2N3O2. The summed E-state index contributed by atoms with van der Waals surface area (Å²) in [5, 5.41) is 0.795. The van der Waals surface area contributed by atoms with E-state index in [0.717, 1.165) is 23.2 Å². The van der Waals surface area contributed by atoms with Crippen LogP contribution in [0.3, 0.4) is 0 Å². The van der Waals surface area contributed by atoms with Crippen molar-refractivity contribution in [1.29, 1.82) is 0 Å². The van der Waals surface area contributed by atoms with Gasteiger partial charge in [-0.1, -0.05) is 53.5 Å². The maximum atomic E-state index is 13.6. The number of rotatable bonds is 4. The first kappa shape index (κ1) is 19.8. The minimum Gasteiger partial charge on any atom is -0.336 e. The molecule has 154 valence electrons. The lowest BCUT2D eigenvalue weighted by Gasteiger charge is -2.22. The number of amides is 2. The average Bonchev–Trinajstić information content (AvgIpc) is 3.29. The third kappa shape index (κ3) is 3.40. The summed E-state index contributed by atoms with van der Waals surface area (Å²) < 4.78 is 0. The van der Waals surface area contributed by atoms with E-state index in [1.165, 1.54) is 4.90 Å². The molecule has 0 saturated heterocycles. The van der Waals surface area contributed by atoms with Gasteiger partial charge in [0.25, 0.3) is 11.8 Å². The lowest BCUT2D eigenvalue weighted by atomic mass is 10.0. The summed E-state index contributed by atoms with van der Waals surface area (Å²) in [6.07, 6.45) is 4.10. The van der Waals surface area contributed by atoms with Gasteiger partial charge in [0.1, 0.15) is 5.70 Å². The number of halogens is 2. The summed E-state index contributed by atoms with van der Waals surface area (Å²) in [5.41, 5.74) is 3.99. The molecule has 2 amide bonds. The molecule has 0 saturated carbocycles. The minimum atomic E-state index is -0.377. The van der Waals surface area contributed by atoms with Gasteiger partial charge in [0, 0.05) is 35.2 Å². The van der Waals surface area contributed by atoms with Crippen LogP contribution >= 0.6 is 23.2 Å². The fraction of sp³-hybridized carbons (Fsp3) is 0.125. The van der Waals surface area contributed by atoms with Crippen LogP contribution in [0.1, 0.15) is 16.7 Å². The molecule has 2 aliphatic rings. The Hall–Kier alpha value is -3.15. The van der Waals surface area contributed by atoms with Gasteiger partial charge in [0.15, 0.2) is 0 Å². The minimum absolute atomic E-state index is 0.138. The van der Waals surface area contributed by atoms with E-state index in [4.69, 9.17) is 23.2 Å². The van der Waals surface area contributed by atoms with Gasteiger partial charge in [-0.25, -0.2) is 0 Å². The normalized spacial score (nSPS) is 15.8. The van der Waals surface area contributed by atoms with Crippen LogP contribution in [0.15, 0.2) is 72.7 Å². The highest BCUT2D eigenvalue weighted by molar-refractivity contribution is 6.41. The second-order valence-electron chi connectivity index (χ2n) is 7.44. The van der Waals surface area contributed by atoms with Crippen LogP contribution in [0, 0.1) is 0 Å². The molecule has 0 spiro atoms. The molecular weight excluding hydrogens is 433 g/mol. The number of hydrogen-bond acceptors (Lipinski definition) is 4. The number of fused-ring (bicyclic) bond motifs is 1. The first-order valence-electron chi connectivity index (χ1n) is 9.85. The largest absolute Gasteiger partial charge is 0.336 e. The number of para-hydroxylation sites is 1. The lowest BCUT2D eigenvalue weighted by Crippen LogP contribution is -2.34. The SMILES string of the molecule is O=C1C(c2ccc(Cl)cc2Cl)=C(N2CCc3ccccc32)C(=O)N1Cc1cccnc1. The van der Waals surface area contributed by atoms with Crippen LogP contribution in [-0.2, 0) is 22.6 Å². The number of anilines is 1. The molecule has 0 aliphatic carbocycles. The third-order valence-electron chi connectivity index (χ3n) is 5.56. The van der Waals surface area contributed by atoms with Crippen molar-refractivity contribution < 1.29 is 9.59 Å². The van der Waals surface area contributed by atoms with E-state index in [1.54, 1.807) is 36.7 Å². The Labute approximate surface area is 189 Å². The van der Waals surface area contributed by atoms with Crippen molar-refractivity contribution in [2.75, 3.05) is 11.4 Å². The van der Waals surface area contributed by atoms with E-state index in [1.807, 2.05) is 35.2 Å². The number of carbonyl (C=O) groups excluding carboxylic acids is 2. The first-order chi connectivity index (χ1) is 15.0. The topological polar surface area (TPSA) is 53.5 Å². The Kier molecular flexibility index (Phi) is 5.00. The van der Waals surface area contributed by atoms with Crippen molar-refractivity contribution >= 4 is 46.3 Å². The zero-order valence-corrected chi connectivity index (χ0v) is 17.9. The van der Waals surface area contributed by atoms with Crippen LogP contribution in [-0.4, -0.2) is 28.2 Å². The summed E-state index contributed by atoms with van der Waals surface area (Å²) in [4.78, 5) is 34.4. The molecule has 0 N–H and O–H groups in total. The molecule has 3 aromatic rings. The van der Waals surface area contributed by atoms with E-state index in [9.17, 15) is 9.59 Å². The number of carbonyl (C=O) groups is 2. The molecule has 0 bridgehead atoms. The van der Waals surface area contributed by atoms with E-state index in [2.05, 4.69) is 4.98 Å². The van der Waals surface area contributed by atoms with Crippen molar-refractivity contribution in [3.05, 3.63) is 99.4 Å². The molecule has 0 unspecified atom stereocenters. The van der Waals surface area contributed by atoms with E-state index in [-0.39, 0.29) is 18.4 Å². The van der Waals surface area contributed by atoms with E-state index >= 15 is 0 Å². The zero-order chi connectivity index (χ0) is 21.5. The van der Waals surface area contributed by atoms with Gasteiger partial charge < -0.3 is 4.90 Å². The molecule has 3 heterocycles. The van der Waals surface area contributed by atoms with Crippen molar-refractivity contribution in [1.82, 2.24) is 9.88 Å². The Morgan fingerprint density at radius 1 is 0.968 bits per heavy atom. The fourth-order valence-corrected chi connectivity index (χ4v) is 4.64. The van der Waals surface area contributed by atoms with Crippen molar-refractivity contribution in [2.24, 2.45) is 0 Å². The first-order valence-corrected chi connectivity index (χ1v) is 10.6. The summed E-state index contributed by atoms with van der Waals surface area (Å²) in [6.45, 7) is 0.752. The number of aromatic nitrogens is 1. The molecule has 2 aromatic carbocycles. The number of imide groups is 1. The maximum Gasteiger partial charge on any atom is 0.278 e. The summed E-state index contributed by atoms with van der Waals surface area (Å²) >= 11 is 12.5. The quantitative estimate of drug-likeness (QED) is 0.540. The van der Waals surface area contributed by atoms with Gasteiger partial charge in [-0.2, -0.15) is 0 Å². The lowest BCUT2D eigenvalue weighted by molar-refractivity contribution is -0.137. The van der Waals surface area contributed by atoms with Gasteiger partial charge in [-0.3, -0.25) is 19.5 Å². The smallest absolute Gasteiger partial charge is 0.278 e. The van der Waals surface area contributed by atoms with Gasteiger partial charge in [-0.05, 0) is 41.8 Å². The molecule has 2 aliphatic heterocycles. The maximum absolute atomic E-state index is 13.6. The van der Waals surface area contributed by atoms with Crippen molar-refractivity contribution in [2.45, 2.75) is 13.0 Å². The zero-order valence-electron chi connectivity index (χ0n) is 16.4. The second-order valence-corrected chi connectivity index (χ2v) is 8.28. The summed E-state index contributed by atoms with van der Waals surface area (Å²) in [6, 6.07) is 16.5. The highest BCUT2D eigenvalue weighted by Crippen LogP contribution is 2.41. The number of nitrogens with zero attached hydrogens (tertiary/aromatic N) is 3. The van der Waals surface area contributed by atoms with Gasteiger partial charge in [0.05, 0.1) is 17.1 Å². The molecule has 5 rings (SSSR count). The molecule has 7 heteroatoms. The summed E-state index contributed by atoms with van der Waals surface area (Å²) in [7, 11) is 0. The van der Waals surface area contributed by atoms with E-state index in [0.29, 0.717) is 33.4 Å². The Balaban J connectivity index is 1.65. The third-order valence-corrected chi connectivity index (χ3v) is 6.11. The predicted octanol–water partition coefficient (Wildman–Crippen LogP) is 4.73. The predicted molar refractivity (Wildman–Crippen MR) is 121 cm³/mol. The van der Waals surface area contributed by atoms with Crippen LogP contribution in [0.2, 0.25) is 10.0 Å². The molecule has 1 aromatic heterocycles. The number of hydrogen-bond donors (Lipinski definition) is 0. The molecule has 0 fully saturated rings. The molecule has 0 atom stereocenters. The van der Waals surface area contributed by atoms with Crippen molar-refractivity contribution in [3.8, 4) is 0 Å².